The van der Waals surface area contributed by atoms with E-state index in [0.717, 1.165) is 43.1 Å². The number of non-ortho nitro benzene ring substituents is 1. The van der Waals surface area contributed by atoms with Gasteiger partial charge >= 0.3 is 0 Å². The maximum Gasteiger partial charge on any atom is 0.269 e. The molecule has 1 fully saturated rings. The fourth-order valence-corrected chi connectivity index (χ4v) is 2.86. The quantitative estimate of drug-likeness (QED) is 0.674. The molecule has 3 rings (SSSR count). The molecular formula is C16H19N5O2. The molecule has 1 aliphatic rings. The van der Waals surface area contributed by atoms with Crippen LogP contribution in [0, 0.1) is 17.0 Å². The van der Waals surface area contributed by atoms with E-state index in [9.17, 15) is 10.1 Å². The first-order chi connectivity index (χ1) is 11.1. The summed E-state index contributed by atoms with van der Waals surface area (Å²) < 4.78 is 0. The maximum atomic E-state index is 10.8. The van der Waals surface area contributed by atoms with Gasteiger partial charge in [-0.15, -0.1) is 0 Å². The van der Waals surface area contributed by atoms with Crippen LogP contribution >= 0.6 is 0 Å². The van der Waals surface area contributed by atoms with Gasteiger partial charge in [0.1, 0.15) is 12.1 Å². The summed E-state index contributed by atoms with van der Waals surface area (Å²) in [4.78, 5) is 21.1. The van der Waals surface area contributed by atoms with Gasteiger partial charge in [0.15, 0.2) is 0 Å². The zero-order valence-corrected chi connectivity index (χ0v) is 13.0. The summed E-state index contributed by atoms with van der Waals surface area (Å²) in [6, 6.07) is 9.11. The lowest BCUT2D eigenvalue weighted by atomic mass is 10.2. The highest BCUT2D eigenvalue weighted by molar-refractivity contribution is 5.36. The van der Waals surface area contributed by atoms with Crippen molar-refractivity contribution in [1.82, 2.24) is 14.9 Å². The van der Waals surface area contributed by atoms with E-state index >= 15 is 0 Å². The molecule has 1 unspecified atom stereocenters. The fraction of sp³-hybridized carbons (Fsp3) is 0.375. The van der Waals surface area contributed by atoms with Crippen molar-refractivity contribution in [3.05, 3.63) is 58.0 Å². The van der Waals surface area contributed by atoms with Crippen molar-refractivity contribution < 1.29 is 4.92 Å². The second-order valence-corrected chi connectivity index (χ2v) is 5.84. The average Bonchev–Trinajstić information content (AvgIpc) is 2.94. The minimum atomic E-state index is -0.352. The lowest BCUT2D eigenvalue weighted by Gasteiger charge is -2.17. The highest BCUT2D eigenvalue weighted by Crippen LogP contribution is 2.19. The molecule has 0 spiro atoms. The maximum absolute atomic E-state index is 10.8. The van der Waals surface area contributed by atoms with Crippen LogP contribution in [0.1, 0.15) is 17.7 Å². The van der Waals surface area contributed by atoms with E-state index in [1.807, 2.05) is 19.1 Å². The van der Waals surface area contributed by atoms with E-state index in [2.05, 4.69) is 20.2 Å². The van der Waals surface area contributed by atoms with Crippen molar-refractivity contribution >= 4 is 11.5 Å². The molecule has 120 valence electrons. The Labute approximate surface area is 134 Å². The van der Waals surface area contributed by atoms with Gasteiger partial charge in [-0.1, -0.05) is 12.1 Å². The minimum Gasteiger partial charge on any atom is -0.366 e. The average molecular weight is 313 g/mol. The molecule has 7 nitrogen and oxygen atoms in total. The van der Waals surface area contributed by atoms with Crippen LogP contribution < -0.4 is 5.32 Å². The Morgan fingerprint density at radius 1 is 1.39 bits per heavy atom. The number of rotatable bonds is 5. The molecule has 1 aliphatic heterocycles. The van der Waals surface area contributed by atoms with E-state index in [1.54, 1.807) is 18.5 Å². The van der Waals surface area contributed by atoms with Crippen molar-refractivity contribution in [1.29, 1.82) is 0 Å². The van der Waals surface area contributed by atoms with Crippen molar-refractivity contribution in [3.8, 4) is 0 Å². The zero-order valence-electron chi connectivity index (χ0n) is 13.0. The van der Waals surface area contributed by atoms with Crippen LogP contribution in [-0.4, -0.2) is 38.9 Å². The van der Waals surface area contributed by atoms with Crippen LogP contribution in [0.25, 0.3) is 0 Å². The molecule has 2 aromatic rings. The summed E-state index contributed by atoms with van der Waals surface area (Å²) >= 11 is 0. The second-order valence-electron chi connectivity index (χ2n) is 5.84. The molecule has 0 amide bonds. The van der Waals surface area contributed by atoms with E-state index in [0.29, 0.717) is 6.04 Å². The number of nitro groups is 1. The standard InChI is InChI=1S/C16H19N5O2/c1-12-7-16(18-11-17-12)19-14-5-6-20(10-14)9-13-3-2-4-15(8-13)21(22)23/h2-4,7-8,11,14H,5-6,9-10H2,1H3,(H,17,18,19). The van der Waals surface area contributed by atoms with Gasteiger partial charge in [-0.3, -0.25) is 15.0 Å². The van der Waals surface area contributed by atoms with Crippen LogP contribution in [0.4, 0.5) is 11.5 Å². The Morgan fingerprint density at radius 2 is 2.26 bits per heavy atom. The highest BCUT2D eigenvalue weighted by atomic mass is 16.6. The summed E-state index contributed by atoms with van der Waals surface area (Å²) in [6.45, 7) is 4.52. The number of anilines is 1. The smallest absolute Gasteiger partial charge is 0.269 e. The van der Waals surface area contributed by atoms with Crippen molar-refractivity contribution in [2.24, 2.45) is 0 Å². The third-order valence-corrected chi connectivity index (χ3v) is 3.96. The molecule has 1 aromatic heterocycles. The van der Waals surface area contributed by atoms with Crippen molar-refractivity contribution in [3.63, 3.8) is 0 Å². The first-order valence-electron chi connectivity index (χ1n) is 7.61. The molecule has 1 atom stereocenters. The predicted octanol–water partition coefficient (Wildman–Crippen LogP) is 2.38. The Kier molecular flexibility index (Phi) is 4.47. The molecule has 0 aliphatic carbocycles. The second kappa shape index (κ2) is 6.70. The third kappa shape index (κ3) is 4.01. The van der Waals surface area contributed by atoms with Gasteiger partial charge in [-0.2, -0.15) is 0 Å². The first kappa shape index (κ1) is 15.4. The van der Waals surface area contributed by atoms with Gasteiger partial charge in [0.2, 0.25) is 0 Å². The predicted molar refractivity (Wildman–Crippen MR) is 87.2 cm³/mol. The summed E-state index contributed by atoms with van der Waals surface area (Å²) in [5.41, 5.74) is 2.06. The zero-order chi connectivity index (χ0) is 16.2. The highest BCUT2D eigenvalue weighted by Gasteiger charge is 2.23. The normalized spacial score (nSPS) is 18.0. The molecule has 1 aromatic carbocycles. The number of hydrogen-bond donors (Lipinski definition) is 1. The summed E-state index contributed by atoms with van der Waals surface area (Å²) in [7, 11) is 0. The van der Waals surface area contributed by atoms with Gasteiger partial charge in [0, 0.05) is 49.6 Å². The van der Waals surface area contributed by atoms with Crippen molar-refractivity contribution in [2.75, 3.05) is 18.4 Å². The topological polar surface area (TPSA) is 84.2 Å². The Hall–Kier alpha value is -2.54. The largest absolute Gasteiger partial charge is 0.366 e. The van der Waals surface area contributed by atoms with Gasteiger partial charge < -0.3 is 5.32 Å². The Morgan fingerprint density at radius 3 is 3.04 bits per heavy atom. The third-order valence-electron chi connectivity index (χ3n) is 3.96. The molecule has 0 radical (unpaired) electrons. The number of aryl methyl sites for hydroxylation is 1. The first-order valence-corrected chi connectivity index (χ1v) is 7.61. The number of likely N-dealkylation sites (tertiary alicyclic amines) is 1. The summed E-state index contributed by atoms with van der Waals surface area (Å²) in [5, 5.41) is 14.3. The van der Waals surface area contributed by atoms with E-state index in [4.69, 9.17) is 0 Å². The number of nitro benzene ring substituents is 1. The number of aromatic nitrogens is 2. The van der Waals surface area contributed by atoms with Crippen LogP contribution in [0.5, 0.6) is 0 Å². The molecule has 1 N–H and O–H groups in total. The van der Waals surface area contributed by atoms with E-state index < -0.39 is 0 Å². The van der Waals surface area contributed by atoms with Gasteiger partial charge in [-0.25, -0.2) is 9.97 Å². The lowest BCUT2D eigenvalue weighted by Crippen LogP contribution is -2.26. The lowest BCUT2D eigenvalue weighted by molar-refractivity contribution is -0.384. The summed E-state index contributed by atoms with van der Waals surface area (Å²) in [6.07, 6.45) is 2.59. The van der Waals surface area contributed by atoms with Crippen LogP contribution in [0.15, 0.2) is 36.7 Å². The van der Waals surface area contributed by atoms with Gasteiger partial charge in [0.25, 0.3) is 5.69 Å². The van der Waals surface area contributed by atoms with Crippen LogP contribution in [0.2, 0.25) is 0 Å². The number of nitrogens with zero attached hydrogens (tertiary/aromatic N) is 4. The van der Waals surface area contributed by atoms with Gasteiger partial charge in [0.05, 0.1) is 4.92 Å². The molecule has 1 saturated heterocycles. The van der Waals surface area contributed by atoms with E-state index in [1.165, 1.54) is 6.07 Å². The van der Waals surface area contributed by atoms with Crippen molar-refractivity contribution in [2.45, 2.75) is 25.9 Å². The minimum absolute atomic E-state index is 0.146. The monoisotopic (exact) mass is 313 g/mol. The molecule has 23 heavy (non-hydrogen) atoms. The van der Waals surface area contributed by atoms with Crippen LogP contribution in [0.3, 0.4) is 0 Å². The molecule has 2 heterocycles. The number of nitrogens with one attached hydrogen (secondary N) is 1. The molecule has 7 heteroatoms. The number of benzene rings is 1. The molecule has 0 saturated carbocycles. The van der Waals surface area contributed by atoms with E-state index in [-0.39, 0.29) is 10.6 Å². The fourth-order valence-electron chi connectivity index (χ4n) is 2.86. The summed E-state index contributed by atoms with van der Waals surface area (Å²) in [5.74, 6) is 0.847. The Balaban J connectivity index is 1.57. The Bertz CT molecular complexity index is 706. The number of hydrogen-bond acceptors (Lipinski definition) is 6. The van der Waals surface area contributed by atoms with Gasteiger partial charge in [-0.05, 0) is 18.9 Å². The van der Waals surface area contributed by atoms with Crippen LogP contribution in [-0.2, 0) is 6.54 Å². The molecule has 0 bridgehead atoms. The molecular weight excluding hydrogens is 294 g/mol. The SMILES string of the molecule is Cc1cc(NC2CCN(Cc3cccc([N+](=O)[O-])c3)C2)ncn1.